The number of benzene rings is 1. The Morgan fingerprint density at radius 1 is 1.30 bits per heavy atom. The van der Waals surface area contributed by atoms with Gasteiger partial charge in [-0.05, 0) is 58.9 Å². The molecule has 0 saturated carbocycles. The van der Waals surface area contributed by atoms with Crippen LogP contribution in [0, 0.1) is 0 Å². The van der Waals surface area contributed by atoms with Crippen molar-refractivity contribution in [3.8, 4) is 5.75 Å². The summed E-state index contributed by atoms with van der Waals surface area (Å²) in [5, 5.41) is 1.72. The lowest BCUT2D eigenvalue weighted by Gasteiger charge is -2.00. The van der Waals surface area contributed by atoms with Crippen molar-refractivity contribution in [2.45, 2.75) is 17.1 Å². The van der Waals surface area contributed by atoms with Gasteiger partial charge in [0.1, 0.15) is 10.8 Å². The standard InChI is InChI=1S/C14H12BrN3OS/c1-2-19-10-4-5-11-12(7-10)18-14(17-11)20-13-6-3-9(15)8-16-13/h3-8H,2H2,1H3,(H,17,18). The van der Waals surface area contributed by atoms with Gasteiger partial charge in [0.15, 0.2) is 5.16 Å². The van der Waals surface area contributed by atoms with E-state index in [9.17, 15) is 0 Å². The highest BCUT2D eigenvalue weighted by Gasteiger charge is 2.06. The number of imidazole rings is 1. The number of nitrogens with one attached hydrogen (secondary N) is 1. The van der Waals surface area contributed by atoms with Gasteiger partial charge in [0, 0.05) is 16.7 Å². The SMILES string of the molecule is CCOc1ccc2nc(Sc3ccc(Br)cn3)[nH]c2c1. The fraction of sp³-hybridized carbons (Fsp3) is 0.143. The molecule has 3 rings (SSSR count). The van der Waals surface area contributed by atoms with Crippen molar-refractivity contribution >= 4 is 38.7 Å². The fourth-order valence-electron chi connectivity index (χ4n) is 1.79. The lowest BCUT2D eigenvalue weighted by Crippen LogP contribution is -1.90. The second kappa shape index (κ2) is 5.85. The highest BCUT2D eigenvalue weighted by molar-refractivity contribution is 9.10. The Morgan fingerprint density at radius 2 is 2.20 bits per heavy atom. The van der Waals surface area contributed by atoms with E-state index >= 15 is 0 Å². The van der Waals surface area contributed by atoms with Crippen molar-refractivity contribution in [2.24, 2.45) is 0 Å². The molecule has 0 amide bonds. The fourth-order valence-corrected chi connectivity index (χ4v) is 2.77. The third-order valence-corrected chi connectivity index (χ3v) is 3.95. The van der Waals surface area contributed by atoms with E-state index in [2.05, 4.69) is 30.9 Å². The number of rotatable bonds is 4. The number of nitrogens with zero attached hydrogens (tertiary/aromatic N) is 2. The minimum atomic E-state index is 0.657. The van der Waals surface area contributed by atoms with Gasteiger partial charge in [0.2, 0.25) is 0 Å². The molecule has 0 aliphatic carbocycles. The first-order valence-electron chi connectivity index (χ1n) is 6.16. The summed E-state index contributed by atoms with van der Waals surface area (Å²) >= 11 is 4.87. The van der Waals surface area contributed by atoms with Crippen molar-refractivity contribution in [1.29, 1.82) is 0 Å². The molecule has 0 fully saturated rings. The summed E-state index contributed by atoms with van der Waals surface area (Å²) in [5.41, 5.74) is 1.89. The van der Waals surface area contributed by atoms with E-state index in [1.165, 1.54) is 11.8 Å². The van der Waals surface area contributed by atoms with E-state index in [-0.39, 0.29) is 0 Å². The molecule has 0 aliphatic heterocycles. The van der Waals surface area contributed by atoms with E-state index < -0.39 is 0 Å². The van der Waals surface area contributed by atoms with Gasteiger partial charge in [-0.25, -0.2) is 9.97 Å². The lowest BCUT2D eigenvalue weighted by atomic mass is 10.3. The summed E-state index contributed by atoms with van der Waals surface area (Å²) < 4.78 is 6.45. The van der Waals surface area contributed by atoms with Crippen LogP contribution in [0.3, 0.4) is 0 Å². The highest BCUT2D eigenvalue weighted by atomic mass is 79.9. The normalized spacial score (nSPS) is 10.9. The van der Waals surface area contributed by atoms with Crippen LogP contribution in [0.2, 0.25) is 0 Å². The third kappa shape index (κ3) is 2.96. The molecule has 2 heterocycles. The van der Waals surface area contributed by atoms with Crippen LogP contribution in [0.15, 0.2) is 51.2 Å². The number of ether oxygens (including phenoxy) is 1. The van der Waals surface area contributed by atoms with Crippen LogP contribution >= 0.6 is 27.7 Å². The number of aromatic amines is 1. The molecule has 4 nitrogen and oxygen atoms in total. The number of hydrogen-bond acceptors (Lipinski definition) is 4. The zero-order chi connectivity index (χ0) is 13.9. The topological polar surface area (TPSA) is 50.8 Å². The predicted molar refractivity (Wildman–Crippen MR) is 83.3 cm³/mol. The molecule has 6 heteroatoms. The van der Waals surface area contributed by atoms with E-state index in [0.29, 0.717) is 6.61 Å². The van der Waals surface area contributed by atoms with Gasteiger partial charge in [-0.15, -0.1) is 0 Å². The van der Waals surface area contributed by atoms with Gasteiger partial charge in [-0.2, -0.15) is 0 Å². The van der Waals surface area contributed by atoms with E-state index in [1.807, 2.05) is 37.3 Å². The molecule has 1 N–H and O–H groups in total. The summed E-state index contributed by atoms with van der Waals surface area (Å²) in [4.78, 5) is 12.1. The van der Waals surface area contributed by atoms with Gasteiger partial charge in [0.25, 0.3) is 0 Å². The number of pyridine rings is 1. The molecule has 0 aliphatic rings. The Labute approximate surface area is 129 Å². The average molecular weight is 350 g/mol. The van der Waals surface area contributed by atoms with Gasteiger partial charge in [-0.1, -0.05) is 0 Å². The third-order valence-electron chi connectivity index (χ3n) is 2.64. The first-order chi connectivity index (χ1) is 9.74. The maximum absolute atomic E-state index is 5.48. The van der Waals surface area contributed by atoms with Crippen molar-refractivity contribution in [1.82, 2.24) is 15.0 Å². The maximum Gasteiger partial charge on any atom is 0.172 e. The second-order valence-corrected chi connectivity index (χ2v) is 6.00. The van der Waals surface area contributed by atoms with Crippen LogP contribution in [0.4, 0.5) is 0 Å². The molecule has 3 aromatic rings. The number of H-pyrrole nitrogens is 1. The zero-order valence-corrected chi connectivity index (χ0v) is 13.2. The Balaban J connectivity index is 1.86. The molecular weight excluding hydrogens is 338 g/mol. The van der Waals surface area contributed by atoms with Gasteiger partial charge in [-0.3, -0.25) is 0 Å². The molecule has 0 radical (unpaired) electrons. The Morgan fingerprint density at radius 3 is 2.95 bits per heavy atom. The van der Waals surface area contributed by atoms with Crippen LogP contribution in [0.1, 0.15) is 6.92 Å². The first kappa shape index (κ1) is 13.5. The van der Waals surface area contributed by atoms with E-state index in [4.69, 9.17) is 4.74 Å². The minimum Gasteiger partial charge on any atom is -0.494 e. The number of halogens is 1. The van der Waals surface area contributed by atoms with Crippen LogP contribution in [0.5, 0.6) is 5.75 Å². The summed E-state index contributed by atoms with van der Waals surface area (Å²) in [6, 6.07) is 9.76. The Bertz CT molecular complexity index is 727. The minimum absolute atomic E-state index is 0.657. The molecular formula is C14H12BrN3OS. The predicted octanol–water partition coefficient (Wildman–Crippen LogP) is 4.27. The van der Waals surface area contributed by atoms with Crippen LogP contribution in [-0.2, 0) is 0 Å². The van der Waals surface area contributed by atoms with Crippen molar-refractivity contribution in [3.05, 3.63) is 41.0 Å². The largest absolute Gasteiger partial charge is 0.494 e. The lowest BCUT2D eigenvalue weighted by molar-refractivity contribution is 0.340. The first-order valence-corrected chi connectivity index (χ1v) is 7.77. The number of fused-ring (bicyclic) bond motifs is 1. The zero-order valence-electron chi connectivity index (χ0n) is 10.8. The molecule has 20 heavy (non-hydrogen) atoms. The summed E-state index contributed by atoms with van der Waals surface area (Å²) in [6.07, 6.45) is 1.78. The molecule has 0 atom stereocenters. The van der Waals surface area contributed by atoms with Crippen LogP contribution in [-0.4, -0.2) is 21.6 Å². The Kier molecular flexibility index (Phi) is 3.93. The van der Waals surface area contributed by atoms with Gasteiger partial charge in [0.05, 0.1) is 17.6 Å². The summed E-state index contributed by atoms with van der Waals surface area (Å²) in [5.74, 6) is 0.849. The van der Waals surface area contributed by atoms with Crippen molar-refractivity contribution < 1.29 is 4.74 Å². The summed E-state index contributed by atoms with van der Waals surface area (Å²) in [6.45, 7) is 2.63. The van der Waals surface area contributed by atoms with E-state index in [1.54, 1.807) is 6.20 Å². The van der Waals surface area contributed by atoms with Crippen molar-refractivity contribution in [2.75, 3.05) is 6.61 Å². The molecule has 0 unspecified atom stereocenters. The highest BCUT2D eigenvalue weighted by Crippen LogP contribution is 2.27. The van der Waals surface area contributed by atoms with E-state index in [0.717, 1.165) is 31.4 Å². The molecule has 102 valence electrons. The maximum atomic E-state index is 5.48. The smallest absolute Gasteiger partial charge is 0.172 e. The van der Waals surface area contributed by atoms with Crippen molar-refractivity contribution in [3.63, 3.8) is 0 Å². The summed E-state index contributed by atoms with van der Waals surface area (Å²) in [7, 11) is 0. The van der Waals surface area contributed by atoms with Gasteiger partial charge >= 0.3 is 0 Å². The second-order valence-electron chi connectivity index (χ2n) is 4.07. The van der Waals surface area contributed by atoms with Crippen LogP contribution < -0.4 is 4.74 Å². The molecule has 0 spiro atoms. The molecule has 0 saturated heterocycles. The average Bonchev–Trinajstić information content (AvgIpc) is 2.83. The number of hydrogen-bond donors (Lipinski definition) is 1. The Hall–Kier alpha value is -1.53. The number of aromatic nitrogens is 3. The molecule has 0 bridgehead atoms. The van der Waals surface area contributed by atoms with Crippen LogP contribution in [0.25, 0.3) is 11.0 Å². The van der Waals surface area contributed by atoms with Gasteiger partial charge < -0.3 is 9.72 Å². The molecule has 1 aromatic carbocycles. The monoisotopic (exact) mass is 349 g/mol. The molecule has 2 aromatic heterocycles. The quantitative estimate of drug-likeness (QED) is 0.763.